The predicted octanol–water partition coefficient (Wildman–Crippen LogP) is 20.2. The topological polar surface area (TPSA) is 67.0 Å². The van der Waals surface area contributed by atoms with Gasteiger partial charge in [-0.1, -0.05) is 306 Å². The number of rotatable bonds is 4. The number of anilines is 2. The number of fused-ring (bicyclic) bond motifs is 17. The third-order valence-corrected chi connectivity index (χ3v) is 21.8. The molecule has 8 unspecified atom stereocenters. The number of benzene rings is 4. The second-order valence-corrected chi connectivity index (χ2v) is 37.2. The maximum Gasteiger partial charge on any atom is 0.208 e. The van der Waals surface area contributed by atoms with E-state index in [-0.39, 0.29) is 85.5 Å². The molecule has 4 aliphatic carbocycles. The highest BCUT2D eigenvalue weighted by molar-refractivity contribution is 5.92. The van der Waals surface area contributed by atoms with Crippen molar-refractivity contribution in [1.82, 2.24) is 25.8 Å². The Bertz CT molecular complexity index is 4150. The predicted molar refractivity (Wildman–Crippen MR) is 409 cm³/mol. The van der Waals surface area contributed by atoms with Crippen LogP contribution in [0.25, 0.3) is 0 Å². The SMILES string of the molecule is CC(C)(C)c1cccc(N2C3=C4C=CC=CC4C2N=C2NC(C4C=CC=CC24)[N+](c2cccc(C(C)(C)C)c2C(C)(C)C)(c2cccc(C(C)(C)C)c2C(C)(C)C)C2C4=CC=CCC4=C(NC4=C5C=CC=CC5C(N4)N3)N2c2cccc(C(C)(C)C)c2C(C)(C)C)c1C(C)(C)C. The summed E-state index contributed by atoms with van der Waals surface area (Å²) in [5.74, 6) is 3.89. The molecule has 0 amide bonds. The Labute approximate surface area is 578 Å². The molecule has 13 rings (SSSR count). The van der Waals surface area contributed by atoms with Crippen LogP contribution in [-0.2, 0) is 43.3 Å². The van der Waals surface area contributed by atoms with Crippen molar-refractivity contribution in [2.75, 3.05) is 9.80 Å². The fourth-order valence-corrected chi connectivity index (χ4v) is 18.1. The molecule has 504 valence electrons. The summed E-state index contributed by atoms with van der Waals surface area (Å²) < 4.78 is 0.398. The number of allylic oxidation sites excluding steroid dienone is 11. The minimum atomic E-state index is -0.427. The van der Waals surface area contributed by atoms with Gasteiger partial charge in [-0.25, -0.2) is 9.48 Å². The average molecular weight is 1280 g/mol. The van der Waals surface area contributed by atoms with Gasteiger partial charge in [-0.05, 0) is 95.3 Å². The highest BCUT2D eigenvalue weighted by atomic mass is 15.6. The summed E-state index contributed by atoms with van der Waals surface area (Å²) in [4.78, 5) is 12.1. The molecule has 1 fully saturated rings. The van der Waals surface area contributed by atoms with Crippen molar-refractivity contribution in [3.05, 3.63) is 248 Å². The fourth-order valence-electron chi connectivity index (χ4n) is 18.1. The normalized spacial score (nSPS) is 25.3. The van der Waals surface area contributed by atoms with E-state index in [1.54, 1.807) is 0 Å². The van der Waals surface area contributed by atoms with Gasteiger partial charge in [-0.15, -0.1) is 0 Å². The molecule has 4 N–H and O–H groups in total. The molecule has 9 aliphatic rings. The lowest BCUT2D eigenvalue weighted by Gasteiger charge is -2.55. The van der Waals surface area contributed by atoms with E-state index in [0.29, 0.717) is 4.48 Å². The Morgan fingerprint density at radius 2 is 0.885 bits per heavy atom. The Morgan fingerprint density at radius 1 is 0.427 bits per heavy atom. The maximum absolute atomic E-state index is 6.58. The lowest BCUT2D eigenvalue weighted by Crippen LogP contribution is -2.70. The quantitative estimate of drug-likeness (QED) is 0.153. The van der Waals surface area contributed by atoms with E-state index in [2.05, 4.69) is 356 Å². The van der Waals surface area contributed by atoms with Crippen LogP contribution in [0.3, 0.4) is 0 Å². The van der Waals surface area contributed by atoms with E-state index in [4.69, 9.17) is 10.3 Å². The largest absolute Gasteiger partial charge is 0.351 e. The average Bonchev–Trinajstić information content (AvgIpc) is 1.36. The Morgan fingerprint density at radius 3 is 1.41 bits per heavy atom. The lowest BCUT2D eigenvalue weighted by atomic mass is 9.71. The third-order valence-electron chi connectivity index (χ3n) is 21.8. The van der Waals surface area contributed by atoms with E-state index >= 15 is 0 Å². The molecule has 8 bridgehead atoms. The van der Waals surface area contributed by atoms with Crippen LogP contribution in [-0.4, -0.2) is 30.5 Å². The van der Waals surface area contributed by atoms with Gasteiger partial charge in [0.05, 0.1) is 11.6 Å². The van der Waals surface area contributed by atoms with Crippen molar-refractivity contribution in [3.8, 4) is 0 Å². The van der Waals surface area contributed by atoms with Gasteiger partial charge in [0.15, 0.2) is 6.17 Å². The molecule has 4 aromatic rings. The summed E-state index contributed by atoms with van der Waals surface area (Å²) in [7, 11) is 0. The van der Waals surface area contributed by atoms with Gasteiger partial charge >= 0.3 is 0 Å². The second-order valence-electron chi connectivity index (χ2n) is 37.2. The molecule has 5 aliphatic heterocycles. The van der Waals surface area contributed by atoms with Gasteiger partial charge < -0.3 is 26.2 Å². The number of nitrogens with zero attached hydrogens (tertiary/aromatic N) is 4. The maximum atomic E-state index is 6.58. The van der Waals surface area contributed by atoms with E-state index in [1.165, 1.54) is 89.5 Å². The number of hydrogen-bond acceptors (Lipinski definition) is 7. The third kappa shape index (κ3) is 10.9. The fraction of sp³-hybridized carbons (Fsp3) is 0.466. The minimum absolute atomic E-state index is 0.0265. The first kappa shape index (κ1) is 67.0. The zero-order valence-electron chi connectivity index (χ0n) is 62.7. The summed E-state index contributed by atoms with van der Waals surface area (Å²) in [5.41, 5.74) is 19.0. The summed E-state index contributed by atoms with van der Waals surface area (Å²) in [6.07, 6.45) is 34.9. The zero-order chi connectivity index (χ0) is 69.2. The highest BCUT2D eigenvalue weighted by Crippen LogP contribution is 2.61. The van der Waals surface area contributed by atoms with Crippen LogP contribution >= 0.6 is 0 Å². The number of hydrogen-bond donors (Lipinski definition) is 4. The number of amidine groups is 1. The van der Waals surface area contributed by atoms with E-state index in [9.17, 15) is 0 Å². The van der Waals surface area contributed by atoms with E-state index in [1.807, 2.05) is 0 Å². The molecule has 1 saturated heterocycles. The van der Waals surface area contributed by atoms with Crippen LogP contribution in [0.15, 0.2) is 209 Å². The van der Waals surface area contributed by atoms with Crippen molar-refractivity contribution >= 4 is 28.6 Å². The molecule has 0 aromatic heterocycles. The first-order chi connectivity index (χ1) is 44.7. The van der Waals surface area contributed by atoms with Crippen molar-refractivity contribution in [2.24, 2.45) is 28.7 Å². The highest BCUT2D eigenvalue weighted by Gasteiger charge is 2.65. The van der Waals surface area contributed by atoms with Crippen LogP contribution in [0.5, 0.6) is 0 Å². The molecule has 0 saturated carbocycles. The van der Waals surface area contributed by atoms with Gasteiger partial charge in [-0.2, -0.15) is 0 Å². The summed E-state index contributed by atoms with van der Waals surface area (Å²) in [5, 5.41) is 18.0. The molecule has 8 nitrogen and oxygen atoms in total. The van der Waals surface area contributed by atoms with Gasteiger partial charge in [-0.3, -0.25) is 4.90 Å². The molecular weight excluding hydrogens is 1170 g/mol. The van der Waals surface area contributed by atoms with Crippen molar-refractivity contribution in [1.29, 1.82) is 0 Å². The number of aliphatic imine (C=N–C) groups is 1. The number of quaternary nitrogens is 1. The van der Waals surface area contributed by atoms with Gasteiger partial charge in [0.25, 0.3) is 0 Å². The van der Waals surface area contributed by atoms with Crippen LogP contribution in [0.2, 0.25) is 0 Å². The molecule has 96 heavy (non-hydrogen) atoms. The Hall–Kier alpha value is -7.55. The summed E-state index contributed by atoms with van der Waals surface area (Å²) >= 11 is 0. The molecule has 5 heterocycles. The van der Waals surface area contributed by atoms with Crippen molar-refractivity contribution in [2.45, 2.75) is 241 Å². The molecule has 8 heteroatoms. The first-order valence-electron chi connectivity index (χ1n) is 36.1. The molecule has 8 atom stereocenters. The second kappa shape index (κ2) is 22.8. The van der Waals surface area contributed by atoms with Gasteiger partial charge in [0.2, 0.25) is 6.17 Å². The van der Waals surface area contributed by atoms with Gasteiger partial charge in [0.1, 0.15) is 47.0 Å². The van der Waals surface area contributed by atoms with Crippen molar-refractivity contribution in [3.63, 3.8) is 0 Å². The van der Waals surface area contributed by atoms with E-state index < -0.39 is 6.17 Å². The standard InChI is InChI=1S/C88H113N8/c1-81(2,3)61-45-33-49-65(69(61)85(13,14)15)94-76-56-40-28-29-41-57(56)77(94)92-75-55-39-27-31-43-59(55)79(93-75)96(67-51-35-47-63(83(7,8)9)71(67)87(19,20)21,68-52-36-48-64(84(10,11)12)72(68)88(22,23)24)80-60-44-32-30-42-58(60)78(91-74-54-38-26-25-37-53(54)73(89-74)90-76)95(80)66-50-34-46-62(82(4,5)6)70(66)86(16,17)18/h25-41,43-53,55,57,59,73,77,79-80,89-91H,42H2,1-24H3,(H,92,93)/q+1. The van der Waals surface area contributed by atoms with Crippen LogP contribution < -0.4 is 35.6 Å². The summed E-state index contributed by atoms with van der Waals surface area (Å²) in [6, 6.07) is 29.3. The van der Waals surface area contributed by atoms with Crippen LogP contribution in [0, 0.1) is 23.7 Å². The monoisotopic (exact) mass is 1280 g/mol. The first-order valence-corrected chi connectivity index (χ1v) is 36.1. The zero-order valence-corrected chi connectivity index (χ0v) is 62.7. The Kier molecular flexibility index (Phi) is 15.9. The number of nitrogens with one attached hydrogen (secondary N) is 4. The molecule has 0 radical (unpaired) electrons. The lowest BCUT2D eigenvalue weighted by molar-refractivity contribution is 0.190. The van der Waals surface area contributed by atoms with Crippen LogP contribution in [0.4, 0.5) is 22.7 Å². The van der Waals surface area contributed by atoms with Crippen LogP contribution in [0.1, 0.15) is 217 Å². The smallest absolute Gasteiger partial charge is 0.208 e. The van der Waals surface area contributed by atoms with E-state index in [0.717, 1.165) is 29.7 Å². The minimum Gasteiger partial charge on any atom is -0.351 e. The van der Waals surface area contributed by atoms with Crippen molar-refractivity contribution < 1.29 is 0 Å². The molecular formula is C88H113N8+. The Balaban J connectivity index is 1.27. The van der Waals surface area contributed by atoms with Gasteiger partial charge in [0, 0.05) is 69.0 Å². The summed E-state index contributed by atoms with van der Waals surface area (Å²) in [6.45, 7) is 58.4. The molecule has 4 aromatic carbocycles. The molecule has 0 spiro atoms.